The highest BCUT2D eigenvalue weighted by Gasteiger charge is 2.29. The van der Waals surface area contributed by atoms with Crippen LogP contribution in [0.3, 0.4) is 0 Å². The monoisotopic (exact) mass is 256 g/mol. The van der Waals surface area contributed by atoms with Crippen molar-refractivity contribution < 1.29 is 18.7 Å². The smallest absolute Gasteiger partial charge is 0.361 e. The Labute approximate surface area is 101 Å². The standard InChI is InChI=1S/C12H17O4P/c1-10(13)9-12(17(14,15-2)16-3)11-7-5-4-6-8-11/h4-10,13H,1-3H3/b12-9+. The largest absolute Gasteiger partial charge is 0.389 e. The molecular weight excluding hydrogens is 239 g/mol. The first-order chi connectivity index (χ1) is 8.03. The topological polar surface area (TPSA) is 55.8 Å². The molecule has 0 saturated heterocycles. The van der Waals surface area contributed by atoms with Gasteiger partial charge in [-0.05, 0) is 18.6 Å². The summed E-state index contributed by atoms with van der Waals surface area (Å²) in [6, 6.07) is 9.08. The zero-order valence-electron chi connectivity index (χ0n) is 10.2. The summed E-state index contributed by atoms with van der Waals surface area (Å²) in [4.78, 5) is 0. The first kappa shape index (κ1) is 14.1. The highest BCUT2D eigenvalue weighted by molar-refractivity contribution is 7.65. The molecule has 0 aliphatic rings. The lowest BCUT2D eigenvalue weighted by Crippen LogP contribution is -1.99. The molecule has 94 valence electrons. The number of aliphatic hydroxyl groups excluding tert-OH is 1. The first-order valence-corrected chi connectivity index (χ1v) is 6.75. The molecule has 1 unspecified atom stereocenters. The molecule has 0 aliphatic heterocycles. The summed E-state index contributed by atoms with van der Waals surface area (Å²) >= 11 is 0. The molecular formula is C12H17O4P. The Morgan fingerprint density at radius 3 is 2.24 bits per heavy atom. The molecule has 1 rings (SSSR count). The van der Waals surface area contributed by atoms with E-state index in [4.69, 9.17) is 9.05 Å². The fourth-order valence-corrected chi connectivity index (χ4v) is 2.86. The molecule has 4 nitrogen and oxygen atoms in total. The van der Waals surface area contributed by atoms with Gasteiger partial charge in [0, 0.05) is 14.2 Å². The molecule has 0 bridgehead atoms. The van der Waals surface area contributed by atoms with E-state index in [1.165, 1.54) is 20.3 Å². The van der Waals surface area contributed by atoms with Gasteiger partial charge in [0.25, 0.3) is 0 Å². The minimum Gasteiger partial charge on any atom is -0.389 e. The second-order valence-corrected chi connectivity index (χ2v) is 5.73. The maximum atomic E-state index is 12.4. The predicted molar refractivity (Wildman–Crippen MR) is 67.7 cm³/mol. The van der Waals surface area contributed by atoms with Gasteiger partial charge in [-0.15, -0.1) is 0 Å². The van der Waals surface area contributed by atoms with E-state index in [0.29, 0.717) is 10.9 Å². The van der Waals surface area contributed by atoms with Gasteiger partial charge < -0.3 is 14.2 Å². The van der Waals surface area contributed by atoms with Crippen LogP contribution in [0, 0.1) is 0 Å². The number of hydrogen-bond acceptors (Lipinski definition) is 4. The molecule has 0 saturated carbocycles. The van der Waals surface area contributed by atoms with E-state index in [0.717, 1.165) is 0 Å². The molecule has 5 heteroatoms. The third kappa shape index (κ3) is 3.51. The van der Waals surface area contributed by atoms with Crippen LogP contribution in [-0.4, -0.2) is 25.4 Å². The van der Waals surface area contributed by atoms with Crippen LogP contribution < -0.4 is 0 Å². The van der Waals surface area contributed by atoms with Crippen molar-refractivity contribution in [3.8, 4) is 0 Å². The highest BCUT2D eigenvalue weighted by Crippen LogP contribution is 2.59. The summed E-state index contributed by atoms with van der Waals surface area (Å²) in [5.74, 6) is 0. The maximum Gasteiger partial charge on any atom is 0.361 e. The van der Waals surface area contributed by atoms with Crippen molar-refractivity contribution in [2.24, 2.45) is 0 Å². The van der Waals surface area contributed by atoms with Crippen molar-refractivity contribution in [1.82, 2.24) is 0 Å². The average molecular weight is 256 g/mol. The van der Waals surface area contributed by atoms with Crippen molar-refractivity contribution >= 4 is 12.9 Å². The normalized spacial score (nSPS) is 14.7. The Balaban J connectivity index is 3.28. The van der Waals surface area contributed by atoms with E-state index < -0.39 is 13.7 Å². The van der Waals surface area contributed by atoms with Crippen LogP contribution in [0.4, 0.5) is 0 Å². The summed E-state index contributed by atoms with van der Waals surface area (Å²) in [6.45, 7) is 1.58. The molecule has 1 atom stereocenters. The van der Waals surface area contributed by atoms with Gasteiger partial charge in [-0.3, -0.25) is 4.57 Å². The minimum absolute atomic E-state index is 0.373. The number of aliphatic hydroxyl groups is 1. The quantitative estimate of drug-likeness (QED) is 0.823. The van der Waals surface area contributed by atoms with Gasteiger partial charge in [0.15, 0.2) is 0 Å². The van der Waals surface area contributed by atoms with E-state index in [9.17, 15) is 9.67 Å². The molecule has 1 aromatic carbocycles. The zero-order chi connectivity index (χ0) is 12.9. The molecule has 17 heavy (non-hydrogen) atoms. The van der Waals surface area contributed by atoms with Crippen LogP contribution >= 0.6 is 7.60 Å². The Bertz CT molecular complexity index is 417. The highest BCUT2D eigenvalue weighted by atomic mass is 31.2. The van der Waals surface area contributed by atoms with Gasteiger partial charge in [-0.1, -0.05) is 30.3 Å². The van der Waals surface area contributed by atoms with Gasteiger partial charge >= 0.3 is 7.60 Å². The van der Waals surface area contributed by atoms with Crippen LogP contribution in [0.25, 0.3) is 5.31 Å². The fraction of sp³-hybridized carbons (Fsp3) is 0.333. The Morgan fingerprint density at radius 2 is 1.82 bits per heavy atom. The molecule has 0 heterocycles. The van der Waals surface area contributed by atoms with Crippen LogP contribution in [-0.2, 0) is 13.6 Å². The molecule has 1 N–H and O–H groups in total. The van der Waals surface area contributed by atoms with Crippen molar-refractivity contribution in [1.29, 1.82) is 0 Å². The molecule has 0 spiro atoms. The van der Waals surface area contributed by atoms with Gasteiger partial charge in [-0.2, -0.15) is 0 Å². The predicted octanol–water partition coefficient (Wildman–Crippen LogP) is 2.89. The Kier molecular flexibility index (Phi) is 5.09. The lowest BCUT2D eigenvalue weighted by atomic mass is 10.2. The van der Waals surface area contributed by atoms with Crippen LogP contribution in [0.2, 0.25) is 0 Å². The average Bonchev–Trinajstić information content (AvgIpc) is 2.36. The molecule has 0 aliphatic carbocycles. The van der Waals surface area contributed by atoms with Gasteiger partial charge in [0.05, 0.1) is 11.4 Å². The van der Waals surface area contributed by atoms with Gasteiger partial charge in [0.2, 0.25) is 0 Å². The van der Waals surface area contributed by atoms with Crippen molar-refractivity contribution in [2.75, 3.05) is 14.2 Å². The van der Waals surface area contributed by atoms with Crippen LogP contribution in [0.15, 0.2) is 36.4 Å². The van der Waals surface area contributed by atoms with Gasteiger partial charge in [-0.25, -0.2) is 0 Å². The molecule has 0 amide bonds. The van der Waals surface area contributed by atoms with Gasteiger partial charge in [0.1, 0.15) is 0 Å². The third-order valence-corrected chi connectivity index (χ3v) is 4.20. The zero-order valence-corrected chi connectivity index (χ0v) is 11.1. The van der Waals surface area contributed by atoms with E-state index in [-0.39, 0.29) is 0 Å². The molecule has 1 aromatic rings. The maximum absolute atomic E-state index is 12.4. The fourth-order valence-electron chi connectivity index (χ4n) is 1.45. The van der Waals surface area contributed by atoms with E-state index in [2.05, 4.69) is 0 Å². The lowest BCUT2D eigenvalue weighted by molar-refractivity contribution is 0.243. The lowest BCUT2D eigenvalue weighted by Gasteiger charge is -2.18. The summed E-state index contributed by atoms with van der Waals surface area (Å²) in [5.41, 5.74) is 0.709. The third-order valence-electron chi connectivity index (χ3n) is 2.24. The number of hydrogen-bond donors (Lipinski definition) is 1. The SMILES string of the molecule is COP(=O)(OC)/C(=C/C(C)O)c1ccccc1. The minimum atomic E-state index is -3.37. The Hall–Kier alpha value is -0.930. The second kappa shape index (κ2) is 6.12. The van der Waals surface area contributed by atoms with Crippen LogP contribution in [0.1, 0.15) is 12.5 Å². The van der Waals surface area contributed by atoms with E-state index >= 15 is 0 Å². The Morgan fingerprint density at radius 1 is 1.29 bits per heavy atom. The summed E-state index contributed by atoms with van der Waals surface area (Å²) < 4.78 is 22.3. The first-order valence-electron chi connectivity index (χ1n) is 5.21. The van der Waals surface area contributed by atoms with E-state index in [1.807, 2.05) is 18.2 Å². The van der Waals surface area contributed by atoms with Crippen molar-refractivity contribution in [2.45, 2.75) is 13.0 Å². The van der Waals surface area contributed by atoms with Crippen molar-refractivity contribution in [3.63, 3.8) is 0 Å². The number of rotatable bonds is 5. The molecule has 0 aromatic heterocycles. The molecule has 0 radical (unpaired) electrons. The summed E-state index contributed by atoms with van der Waals surface area (Å²) in [6.07, 6.45) is 0.743. The second-order valence-electron chi connectivity index (χ2n) is 3.52. The summed E-state index contributed by atoms with van der Waals surface area (Å²) in [5, 5.41) is 9.80. The summed E-state index contributed by atoms with van der Waals surface area (Å²) in [7, 11) is -0.721. The van der Waals surface area contributed by atoms with Crippen LogP contribution in [0.5, 0.6) is 0 Å². The molecule has 0 fully saturated rings. The van der Waals surface area contributed by atoms with Crippen molar-refractivity contribution in [3.05, 3.63) is 42.0 Å². The van der Waals surface area contributed by atoms with E-state index in [1.54, 1.807) is 19.1 Å². The number of benzene rings is 1.